The molecule has 0 aromatic carbocycles. The van der Waals surface area contributed by atoms with Gasteiger partial charge in [-0.1, -0.05) is 17.7 Å². The Labute approximate surface area is 128 Å². The fourth-order valence-electron chi connectivity index (χ4n) is 2.24. The quantitative estimate of drug-likeness (QED) is 0.528. The van der Waals surface area contributed by atoms with Crippen molar-refractivity contribution in [2.45, 2.75) is 38.6 Å². The van der Waals surface area contributed by atoms with Crippen LogP contribution in [0.5, 0.6) is 0 Å². The van der Waals surface area contributed by atoms with Crippen molar-refractivity contribution in [1.29, 1.82) is 0 Å². The summed E-state index contributed by atoms with van der Waals surface area (Å²) in [6.45, 7) is 4.91. The van der Waals surface area contributed by atoms with Crippen LogP contribution in [0.15, 0.2) is 23.3 Å². The van der Waals surface area contributed by atoms with Crippen molar-refractivity contribution in [3.05, 3.63) is 23.3 Å². The van der Waals surface area contributed by atoms with E-state index in [-0.39, 0.29) is 11.9 Å². The van der Waals surface area contributed by atoms with Gasteiger partial charge in [-0.25, -0.2) is 0 Å². The Balaban J connectivity index is 2.30. The van der Waals surface area contributed by atoms with Crippen LogP contribution in [-0.4, -0.2) is 45.3 Å². The molecule has 4 N–H and O–H groups in total. The van der Waals surface area contributed by atoms with Crippen molar-refractivity contribution in [2.75, 3.05) is 33.4 Å². The molecule has 0 saturated heterocycles. The van der Waals surface area contributed by atoms with E-state index in [1.807, 2.05) is 7.05 Å². The summed E-state index contributed by atoms with van der Waals surface area (Å²) < 4.78 is 5.57. The minimum absolute atomic E-state index is 0.114. The molecule has 0 bridgehead atoms. The molecule has 1 aliphatic carbocycles. The summed E-state index contributed by atoms with van der Waals surface area (Å²) in [7, 11) is 1.91. The normalized spacial score (nSPS) is 18.1. The molecule has 0 spiro atoms. The molecular weight excluding hydrogens is 266 g/mol. The smallest absolute Gasteiger partial charge is 0.220 e. The van der Waals surface area contributed by atoms with E-state index in [0.717, 1.165) is 25.8 Å². The Morgan fingerprint density at radius 2 is 2.29 bits per heavy atom. The number of carbonyl (C=O) groups is 1. The van der Waals surface area contributed by atoms with Gasteiger partial charge in [-0.3, -0.25) is 4.79 Å². The van der Waals surface area contributed by atoms with E-state index < -0.39 is 0 Å². The van der Waals surface area contributed by atoms with Crippen LogP contribution in [0.25, 0.3) is 0 Å². The number of carbonyl (C=O) groups excluding carboxylic acids is 1. The maximum absolute atomic E-state index is 11.8. The number of rotatable bonds is 10. The first kappa shape index (κ1) is 17.9. The summed E-state index contributed by atoms with van der Waals surface area (Å²) in [5.41, 5.74) is 7.81. The van der Waals surface area contributed by atoms with Gasteiger partial charge in [0, 0.05) is 13.0 Å². The first-order valence-electron chi connectivity index (χ1n) is 7.76. The molecule has 5 heteroatoms. The number of hydrogen-bond donors (Lipinski definition) is 3. The lowest BCUT2D eigenvalue weighted by Gasteiger charge is -2.23. The average Bonchev–Trinajstić information content (AvgIpc) is 2.47. The van der Waals surface area contributed by atoms with Crippen LogP contribution < -0.4 is 16.4 Å². The molecule has 0 radical (unpaired) electrons. The Morgan fingerprint density at radius 3 is 2.95 bits per heavy atom. The van der Waals surface area contributed by atoms with Gasteiger partial charge in [-0.15, -0.1) is 0 Å². The third-order valence-electron chi connectivity index (χ3n) is 3.54. The maximum atomic E-state index is 11.8. The molecule has 1 rings (SSSR count). The Hall–Kier alpha value is -1.17. The molecule has 5 nitrogen and oxygen atoms in total. The second-order valence-electron chi connectivity index (χ2n) is 5.43. The van der Waals surface area contributed by atoms with E-state index in [4.69, 9.17) is 10.5 Å². The summed E-state index contributed by atoms with van der Waals surface area (Å²) in [5, 5.41) is 6.13. The summed E-state index contributed by atoms with van der Waals surface area (Å²) in [4.78, 5) is 11.8. The number of amides is 1. The number of unbranched alkanes of at least 4 members (excludes halogenated alkanes) is 1. The minimum atomic E-state index is 0.114. The standard InChI is InChI=1S/C16H29N3O2/c1-13-11-14(12-21-10-9-18-2)6-7-15(13)19-16(20)5-3-4-8-17/h6,11,15,18H,3-5,7-10,12,17H2,1-2H3,(H,19,20). The lowest BCUT2D eigenvalue weighted by molar-refractivity contribution is -0.121. The van der Waals surface area contributed by atoms with Crippen molar-refractivity contribution in [3.63, 3.8) is 0 Å². The molecule has 0 heterocycles. The van der Waals surface area contributed by atoms with Crippen LogP contribution >= 0.6 is 0 Å². The molecular formula is C16H29N3O2. The van der Waals surface area contributed by atoms with E-state index in [2.05, 4.69) is 29.7 Å². The van der Waals surface area contributed by atoms with Gasteiger partial charge < -0.3 is 21.1 Å². The van der Waals surface area contributed by atoms with Gasteiger partial charge in [0.2, 0.25) is 5.91 Å². The van der Waals surface area contributed by atoms with Crippen LogP contribution in [0, 0.1) is 0 Å². The second-order valence-corrected chi connectivity index (χ2v) is 5.43. The van der Waals surface area contributed by atoms with Crippen molar-refractivity contribution >= 4 is 5.91 Å². The minimum Gasteiger partial charge on any atom is -0.375 e. The summed E-state index contributed by atoms with van der Waals surface area (Å²) in [5.74, 6) is 0.114. The lowest BCUT2D eigenvalue weighted by Crippen LogP contribution is -2.36. The van der Waals surface area contributed by atoms with E-state index in [0.29, 0.717) is 26.2 Å². The third kappa shape index (κ3) is 7.41. The van der Waals surface area contributed by atoms with Crippen molar-refractivity contribution in [1.82, 2.24) is 10.6 Å². The number of hydrogen-bond acceptors (Lipinski definition) is 4. The lowest BCUT2D eigenvalue weighted by atomic mass is 9.95. The Bertz CT molecular complexity index is 378. The van der Waals surface area contributed by atoms with Crippen LogP contribution in [-0.2, 0) is 9.53 Å². The molecule has 0 saturated carbocycles. The molecule has 21 heavy (non-hydrogen) atoms. The molecule has 0 aromatic heterocycles. The second kappa shape index (κ2) is 10.5. The van der Waals surface area contributed by atoms with Gasteiger partial charge in [0.05, 0.1) is 19.3 Å². The summed E-state index contributed by atoms with van der Waals surface area (Å²) >= 11 is 0. The van der Waals surface area contributed by atoms with Crippen LogP contribution in [0.2, 0.25) is 0 Å². The molecule has 1 amide bonds. The van der Waals surface area contributed by atoms with E-state index in [1.165, 1.54) is 11.1 Å². The summed E-state index contributed by atoms with van der Waals surface area (Å²) in [6.07, 6.45) is 7.43. The van der Waals surface area contributed by atoms with Crippen molar-refractivity contribution in [3.8, 4) is 0 Å². The van der Waals surface area contributed by atoms with Gasteiger partial charge in [0.1, 0.15) is 0 Å². The van der Waals surface area contributed by atoms with E-state index in [9.17, 15) is 4.79 Å². The van der Waals surface area contributed by atoms with Crippen molar-refractivity contribution in [2.24, 2.45) is 5.73 Å². The molecule has 1 unspecified atom stereocenters. The molecule has 0 fully saturated rings. The largest absolute Gasteiger partial charge is 0.375 e. The predicted octanol–water partition coefficient (Wildman–Crippen LogP) is 1.11. The SMILES string of the molecule is CNCCOCC1=CCC(NC(=O)CCCCN)C(C)=C1. The van der Waals surface area contributed by atoms with Crippen LogP contribution in [0.4, 0.5) is 0 Å². The Morgan fingerprint density at radius 1 is 1.48 bits per heavy atom. The molecule has 120 valence electrons. The number of nitrogens with one attached hydrogen (secondary N) is 2. The maximum Gasteiger partial charge on any atom is 0.220 e. The van der Waals surface area contributed by atoms with E-state index in [1.54, 1.807) is 0 Å². The highest BCUT2D eigenvalue weighted by Crippen LogP contribution is 2.18. The molecule has 1 atom stereocenters. The predicted molar refractivity (Wildman–Crippen MR) is 86.0 cm³/mol. The number of likely N-dealkylation sites (N-methyl/N-ethyl adjacent to an activating group) is 1. The zero-order chi connectivity index (χ0) is 15.5. The number of ether oxygens (including phenoxy) is 1. The van der Waals surface area contributed by atoms with Crippen molar-refractivity contribution < 1.29 is 9.53 Å². The van der Waals surface area contributed by atoms with Crippen LogP contribution in [0.1, 0.15) is 32.6 Å². The number of nitrogens with two attached hydrogens (primary N) is 1. The van der Waals surface area contributed by atoms with Gasteiger partial charge in [-0.2, -0.15) is 0 Å². The monoisotopic (exact) mass is 295 g/mol. The van der Waals surface area contributed by atoms with Gasteiger partial charge >= 0.3 is 0 Å². The highest BCUT2D eigenvalue weighted by Gasteiger charge is 2.16. The Kier molecular flexibility index (Phi) is 8.98. The molecule has 0 aliphatic heterocycles. The zero-order valence-corrected chi connectivity index (χ0v) is 13.3. The highest BCUT2D eigenvalue weighted by molar-refractivity contribution is 5.76. The highest BCUT2D eigenvalue weighted by atomic mass is 16.5. The topological polar surface area (TPSA) is 76.4 Å². The molecule has 0 aromatic rings. The van der Waals surface area contributed by atoms with Gasteiger partial charge in [0.25, 0.3) is 0 Å². The fraction of sp³-hybridized carbons (Fsp3) is 0.688. The zero-order valence-electron chi connectivity index (χ0n) is 13.3. The first-order chi connectivity index (χ1) is 10.2. The van der Waals surface area contributed by atoms with Crippen LogP contribution in [0.3, 0.4) is 0 Å². The van der Waals surface area contributed by atoms with E-state index >= 15 is 0 Å². The third-order valence-corrected chi connectivity index (χ3v) is 3.54. The first-order valence-corrected chi connectivity index (χ1v) is 7.76. The fourth-order valence-corrected chi connectivity index (χ4v) is 2.24. The van der Waals surface area contributed by atoms with Gasteiger partial charge in [-0.05, 0) is 45.4 Å². The van der Waals surface area contributed by atoms with Gasteiger partial charge in [0.15, 0.2) is 0 Å². The average molecular weight is 295 g/mol. The summed E-state index contributed by atoms with van der Waals surface area (Å²) in [6, 6.07) is 0.122. The molecule has 1 aliphatic rings.